The third-order valence-electron chi connectivity index (χ3n) is 5.23. The molecule has 0 radical (unpaired) electrons. The fraction of sp³-hybridized carbons (Fsp3) is 0.684. The van der Waals surface area contributed by atoms with Gasteiger partial charge in [0.15, 0.2) is 0 Å². The van der Waals surface area contributed by atoms with Crippen molar-refractivity contribution in [2.45, 2.75) is 64.2 Å². The maximum atomic E-state index is 3.72. The van der Waals surface area contributed by atoms with Gasteiger partial charge in [0.05, 0.1) is 0 Å². The molecular weight excluding hydrogens is 242 g/mol. The largest absolute Gasteiger partial charge is 0.316 e. The first kappa shape index (κ1) is 15.6. The zero-order valence-corrected chi connectivity index (χ0v) is 13.3. The van der Waals surface area contributed by atoms with E-state index in [9.17, 15) is 0 Å². The van der Waals surface area contributed by atoms with Crippen molar-refractivity contribution in [1.29, 1.82) is 0 Å². The highest BCUT2D eigenvalue weighted by molar-refractivity contribution is 5.27. The number of rotatable bonds is 7. The van der Waals surface area contributed by atoms with E-state index in [1.165, 1.54) is 44.9 Å². The van der Waals surface area contributed by atoms with Crippen LogP contribution in [0.2, 0.25) is 0 Å². The minimum absolute atomic E-state index is 0.344. The molecule has 0 aromatic heterocycles. The number of benzene rings is 1. The van der Waals surface area contributed by atoms with E-state index in [-0.39, 0.29) is 0 Å². The maximum Gasteiger partial charge on any atom is 0.0103 e. The molecule has 0 saturated heterocycles. The molecule has 1 unspecified atom stereocenters. The van der Waals surface area contributed by atoms with E-state index in [0.29, 0.717) is 5.41 Å². The van der Waals surface area contributed by atoms with Crippen LogP contribution in [0, 0.1) is 5.92 Å². The predicted molar refractivity (Wildman–Crippen MR) is 88.1 cm³/mol. The van der Waals surface area contributed by atoms with Gasteiger partial charge in [-0.15, -0.1) is 0 Å². The summed E-state index contributed by atoms with van der Waals surface area (Å²) in [6, 6.07) is 11.3. The first-order valence-corrected chi connectivity index (χ1v) is 8.59. The lowest BCUT2D eigenvalue weighted by Crippen LogP contribution is -2.45. The van der Waals surface area contributed by atoms with Crippen LogP contribution in [0.15, 0.2) is 30.3 Å². The lowest BCUT2D eigenvalue weighted by Gasteiger charge is -2.43. The first-order chi connectivity index (χ1) is 9.83. The summed E-state index contributed by atoms with van der Waals surface area (Å²) in [6.45, 7) is 6.92. The average Bonchev–Trinajstić information content (AvgIpc) is 2.54. The number of hydrogen-bond donors (Lipinski definition) is 1. The van der Waals surface area contributed by atoms with Crippen molar-refractivity contribution in [3.05, 3.63) is 35.9 Å². The molecule has 0 spiro atoms. The summed E-state index contributed by atoms with van der Waals surface area (Å²) in [5.41, 5.74) is 1.90. The van der Waals surface area contributed by atoms with Crippen molar-refractivity contribution >= 4 is 0 Å². The van der Waals surface area contributed by atoms with Gasteiger partial charge in [-0.2, -0.15) is 0 Å². The molecular formula is C19H31N. The number of hydrogen-bond acceptors (Lipinski definition) is 1. The second-order valence-electron chi connectivity index (χ2n) is 6.39. The Balaban J connectivity index is 2.24. The third kappa shape index (κ3) is 3.44. The highest BCUT2D eigenvalue weighted by atomic mass is 14.9. The van der Waals surface area contributed by atoms with E-state index < -0.39 is 0 Å². The maximum absolute atomic E-state index is 3.72. The molecule has 0 amide bonds. The first-order valence-electron chi connectivity index (χ1n) is 8.59. The fourth-order valence-electron chi connectivity index (χ4n) is 4.01. The van der Waals surface area contributed by atoms with Crippen LogP contribution < -0.4 is 5.32 Å². The van der Waals surface area contributed by atoms with Crippen LogP contribution in [0.3, 0.4) is 0 Å². The Hall–Kier alpha value is -0.820. The summed E-state index contributed by atoms with van der Waals surface area (Å²) in [5, 5.41) is 3.72. The summed E-state index contributed by atoms with van der Waals surface area (Å²) in [6.07, 6.45) is 9.58. The van der Waals surface area contributed by atoms with Crippen LogP contribution in [0.1, 0.15) is 64.4 Å². The van der Waals surface area contributed by atoms with Crippen molar-refractivity contribution in [3.63, 3.8) is 0 Å². The minimum atomic E-state index is 0.344. The van der Waals surface area contributed by atoms with Crippen LogP contribution in [0.4, 0.5) is 0 Å². The Bertz CT molecular complexity index is 367. The molecule has 0 heterocycles. The summed E-state index contributed by atoms with van der Waals surface area (Å²) in [4.78, 5) is 0. The van der Waals surface area contributed by atoms with Gasteiger partial charge < -0.3 is 5.32 Å². The zero-order chi connectivity index (χ0) is 14.3. The van der Waals surface area contributed by atoms with Crippen LogP contribution in [-0.4, -0.2) is 13.1 Å². The van der Waals surface area contributed by atoms with Crippen LogP contribution in [-0.2, 0) is 5.41 Å². The predicted octanol–water partition coefficient (Wildman–Crippen LogP) is 4.91. The number of nitrogens with one attached hydrogen (secondary N) is 1. The van der Waals surface area contributed by atoms with Crippen LogP contribution in [0.5, 0.6) is 0 Å². The molecule has 0 bridgehead atoms. The monoisotopic (exact) mass is 273 g/mol. The van der Waals surface area contributed by atoms with Gasteiger partial charge in [0.2, 0.25) is 0 Å². The van der Waals surface area contributed by atoms with Crippen molar-refractivity contribution in [1.82, 2.24) is 5.32 Å². The smallest absolute Gasteiger partial charge is 0.0103 e. The van der Waals surface area contributed by atoms with Crippen LogP contribution >= 0.6 is 0 Å². The Kier molecular flexibility index (Phi) is 6.09. The third-order valence-corrected chi connectivity index (χ3v) is 5.23. The van der Waals surface area contributed by atoms with E-state index in [1.54, 1.807) is 5.56 Å². The zero-order valence-electron chi connectivity index (χ0n) is 13.3. The molecule has 1 heteroatoms. The molecule has 1 aromatic rings. The van der Waals surface area contributed by atoms with Crippen molar-refractivity contribution < 1.29 is 0 Å². The van der Waals surface area contributed by atoms with Gasteiger partial charge in [-0.1, -0.05) is 63.4 Å². The molecule has 1 saturated carbocycles. The Morgan fingerprint density at radius 3 is 2.35 bits per heavy atom. The summed E-state index contributed by atoms with van der Waals surface area (Å²) < 4.78 is 0. The van der Waals surface area contributed by atoms with Gasteiger partial charge in [0.25, 0.3) is 0 Å². The van der Waals surface area contributed by atoms with E-state index in [1.807, 2.05) is 0 Å². The summed E-state index contributed by atoms with van der Waals surface area (Å²) in [5.74, 6) is 0.855. The van der Waals surface area contributed by atoms with E-state index >= 15 is 0 Å². The van der Waals surface area contributed by atoms with Crippen molar-refractivity contribution in [2.24, 2.45) is 5.92 Å². The van der Waals surface area contributed by atoms with Crippen molar-refractivity contribution in [3.8, 4) is 0 Å². The SMILES string of the molecule is CCCNCC(CC)(c1ccccc1)C1CCCCC1. The second-order valence-corrected chi connectivity index (χ2v) is 6.39. The molecule has 1 fully saturated rings. The second kappa shape index (κ2) is 7.83. The molecule has 20 heavy (non-hydrogen) atoms. The van der Waals surface area contributed by atoms with Gasteiger partial charge in [-0.25, -0.2) is 0 Å². The molecule has 1 nitrogen and oxygen atoms in total. The summed E-state index contributed by atoms with van der Waals surface area (Å²) >= 11 is 0. The van der Waals surface area contributed by atoms with E-state index in [0.717, 1.165) is 19.0 Å². The highest BCUT2D eigenvalue weighted by Gasteiger charge is 2.38. The Morgan fingerprint density at radius 1 is 1.05 bits per heavy atom. The Labute approximate surface area is 125 Å². The molecule has 1 N–H and O–H groups in total. The molecule has 0 aliphatic heterocycles. The lowest BCUT2D eigenvalue weighted by molar-refractivity contribution is 0.188. The average molecular weight is 273 g/mol. The standard InChI is InChI=1S/C19H31N/c1-3-15-20-16-19(4-2,17-11-7-5-8-12-17)18-13-9-6-10-14-18/h5,7-8,11-12,18,20H,3-4,6,9-10,13-16H2,1-2H3. The van der Waals surface area contributed by atoms with E-state index in [2.05, 4.69) is 49.5 Å². The lowest BCUT2D eigenvalue weighted by atomic mass is 9.63. The normalized spacial score (nSPS) is 19.7. The van der Waals surface area contributed by atoms with Gasteiger partial charge in [0, 0.05) is 12.0 Å². The topological polar surface area (TPSA) is 12.0 Å². The van der Waals surface area contributed by atoms with Crippen molar-refractivity contribution in [2.75, 3.05) is 13.1 Å². The van der Waals surface area contributed by atoms with E-state index in [4.69, 9.17) is 0 Å². The molecule has 1 atom stereocenters. The molecule has 2 rings (SSSR count). The quantitative estimate of drug-likeness (QED) is 0.696. The minimum Gasteiger partial charge on any atom is -0.316 e. The van der Waals surface area contributed by atoms with Crippen LogP contribution in [0.25, 0.3) is 0 Å². The fourth-order valence-corrected chi connectivity index (χ4v) is 4.01. The summed E-state index contributed by atoms with van der Waals surface area (Å²) in [7, 11) is 0. The van der Waals surface area contributed by atoms with Gasteiger partial charge in [-0.3, -0.25) is 0 Å². The molecule has 112 valence electrons. The molecule has 1 aliphatic rings. The Morgan fingerprint density at radius 2 is 1.75 bits per heavy atom. The van der Waals surface area contributed by atoms with Gasteiger partial charge in [-0.05, 0) is 43.7 Å². The molecule has 1 aromatic carbocycles. The molecule has 1 aliphatic carbocycles. The van der Waals surface area contributed by atoms with Gasteiger partial charge >= 0.3 is 0 Å². The highest BCUT2D eigenvalue weighted by Crippen LogP contribution is 2.43. The van der Waals surface area contributed by atoms with Gasteiger partial charge in [0.1, 0.15) is 0 Å².